The molecule has 3 rings (SSSR count). The Morgan fingerprint density at radius 3 is 2.52 bits per heavy atom. The van der Waals surface area contributed by atoms with E-state index >= 15 is 0 Å². The minimum absolute atomic E-state index is 0.747. The number of nitrogens with zero attached hydrogens (tertiary/aromatic N) is 1. The first kappa shape index (κ1) is 15.3. The molecule has 0 spiro atoms. The number of aryl methyl sites for hydroxylation is 1. The van der Waals surface area contributed by atoms with E-state index in [1.165, 1.54) is 16.3 Å². The maximum atomic E-state index is 5.40. The highest BCUT2D eigenvalue weighted by molar-refractivity contribution is 5.88. The summed E-state index contributed by atoms with van der Waals surface area (Å²) >= 11 is 0. The topological polar surface area (TPSA) is 31.4 Å². The summed E-state index contributed by atoms with van der Waals surface area (Å²) in [6.07, 6.45) is 3.66. The van der Waals surface area contributed by atoms with E-state index in [0.29, 0.717) is 0 Å². The fourth-order valence-electron chi connectivity index (χ4n) is 3.00. The van der Waals surface area contributed by atoms with Gasteiger partial charge in [-0.3, -0.25) is 4.98 Å². The Labute approximate surface area is 136 Å². The van der Waals surface area contributed by atoms with Crippen molar-refractivity contribution >= 4 is 10.8 Å². The van der Waals surface area contributed by atoms with Gasteiger partial charge in [-0.25, -0.2) is 0 Å². The van der Waals surface area contributed by atoms with Crippen LogP contribution in [0.3, 0.4) is 0 Å². The van der Waals surface area contributed by atoms with Crippen molar-refractivity contribution in [2.45, 2.75) is 19.8 Å². The highest BCUT2D eigenvalue weighted by Gasteiger charge is 2.10. The molecule has 3 aromatic rings. The van der Waals surface area contributed by atoms with Crippen molar-refractivity contribution in [3.63, 3.8) is 0 Å². The first-order chi connectivity index (χ1) is 11.3. The largest absolute Gasteiger partial charge is 0.493 e. The molecule has 0 bridgehead atoms. The molecule has 2 aromatic carbocycles. The number of benzene rings is 2. The van der Waals surface area contributed by atoms with E-state index in [1.54, 1.807) is 14.2 Å². The molecule has 118 valence electrons. The van der Waals surface area contributed by atoms with Gasteiger partial charge < -0.3 is 9.47 Å². The number of pyridine rings is 1. The lowest BCUT2D eigenvalue weighted by Crippen LogP contribution is -1.98. The molecule has 0 saturated heterocycles. The summed E-state index contributed by atoms with van der Waals surface area (Å²) in [4.78, 5) is 4.64. The molecule has 0 fully saturated rings. The van der Waals surface area contributed by atoms with Crippen molar-refractivity contribution in [1.82, 2.24) is 4.98 Å². The zero-order valence-electron chi connectivity index (χ0n) is 13.8. The van der Waals surface area contributed by atoms with Gasteiger partial charge in [0.25, 0.3) is 0 Å². The summed E-state index contributed by atoms with van der Waals surface area (Å²) in [7, 11) is 3.31. The summed E-state index contributed by atoms with van der Waals surface area (Å²) in [5.74, 6) is 1.50. The number of aromatic nitrogens is 1. The van der Waals surface area contributed by atoms with E-state index < -0.39 is 0 Å². The van der Waals surface area contributed by atoms with E-state index in [0.717, 1.165) is 35.6 Å². The van der Waals surface area contributed by atoms with E-state index in [1.807, 2.05) is 18.3 Å². The number of methoxy groups -OCH3 is 2. The SMILES string of the molecule is CCc1cccc2ccnc(Cc3ccc(OC)c(OC)c3)c12. The predicted molar refractivity (Wildman–Crippen MR) is 93.5 cm³/mol. The molecule has 0 amide bonds. The second kappa shape index (κ2) is 6.69. The van der Waals surface area contributed by atoms with Crippen molar-refractivity contribution in [3.05, 3.63) is 65.5 Å². The number of hydrogen-bond donors (Lipinski definition) is 0. The Hall–Kier alpha value is -2.55. The number of hydrogen-bond acceptors (Lipinski definition) is 3. The van der Waals surface area contributed by atoms with Gasteiger partial charge in [-0.15, -0.1) is 0 Å². The summed E-state index contributed by atoms with van der Waals surface area (Å²) < 4.78 is 10.7. The monoisotopic (exact) mass is 307 g/mol. The Balaban J connectivity index is 2.05. The molecule has 1 heterocycles. The molecule has 0 atom stereocenters. The minimum atomic E-state index is 0.747. The molecule has 0 aliphatic rings. The summed E-state index contributed by atoms with van der Waals surface area (Å²) in [6, 6.07) is 14.6. The van der Waals surface area contributed by atoms with E-state index in [4.69, 9.17) is 9.47 Å². The quantitative estimate of drug-likeness (QED) is 0.700. The molecule has 0 N–H and O–H groups in total. The van der Waals surface area contributed by atoms with Crippen LogP contribution < -0.4 is 9.47 Å². The fourth-order valence-corrected chi connectivity index (χ4v) is 3.00. The van der Waals surface area contributed by atoms with Gasteiger partial charge in [0.15, 0.2) is 11.5 Å². The zero-order chi connectivity index (χ0) is 16.2. The molecule has 0 radical (unpaired) electrons. The smallest absolute Gasteiger partial charge is 0.160 e. The van der Waals surface area contributed by atoms with Crippen molar-refractivity contribution in [1.29, 1.82) is 0 Å². The summed E-state index contributed by atoms with van der Waals surface area (Å²) in [5.41, 5.74) is 3.60. The highest BCUT2D eigenvalue weighted by Crippen LogP contribution is 2.30. The maximum absolute atomic E-state index is 5.40. The first-order valence-electron chi connectivity index (χ1n) is 7.83. The standard InChI is InChI=1S/C20H21NO2/c1-4-15-6-5-7-16-10-11-21-17(20(15)16)12-14-8-9-18(22-2)19(13-14)23-3/h5-11,13H,4,12H2,1-3H3. The van der Waals surface area contributed by atoms with Gasteiger partial charge in [0, 0.05) is 18.0 Å². The van der Waals surface area contributed by atoms with Gasteiger partial charge >= 0.3 is 0 Å². The van der Waals surface area contributed by atoms with Gasteiger partial charge in [-0.05, 0) is 41.1 Å². The van der Waals surface area contributed by atoms with Crippen LogP contribution in [0, 0.1) is 0 Å². The highest BCUT2D eigenvalue weighted by atomic mass is 16.5. The van der Waals surface area contributed by atoms with Crippen LogP contribution in [-0.4, -0.2) is 19.2 Å². The third kappa shape index (κ3) is 3.00. The van der Waals surface area contributed by atoms with Crippen LogP contribution in [0.15, 0.2) is 48.7 Å². The Morgan fingerprint density at radius 1 is 0.957 bits per heavy atom. The van der Waals surface area contributed by atoms with Crippen LogP contribution in [0.1, 0.15) is 23.7 Å². The number of rotatable bonds is 5. The van der Waals surface area contributed by atoms with Gasteiger partial charge in [-0.2, -0.15) is 0 Å². The van der Waals surface area contributed by atoms with E-state index in [9.17, 15) is 0 Å². The van der Waals surface area contributed by atoms with Crippen molar-refractivity contribution in [2.24, 2.45) is 0 Å². The van der Waals surface area contributed by atoms with Crippen LogP contribution in [0.25, 0.3) is 10.8 Å². The van der Waals surface area contributed by atoms with Crippen molar-refractivity contribution in [3.8, 4) is 11.5 Å². The summed E-state index contributed by atoms with van der Waals surface area (Å²) in [6.45, 7) is 2.18. The lowest BCUT2D eigenvalue weighted by Gasteiger charge is -2.12. The molecular formula is C20H21NO2. The predicted octanol–water partition coefficient (Wildman–Crippen LogP) is 4.41. The minimum Gasteiger partial charge on any atom is -0.493 e. The molecule has 3 nitrogen and oxygen atoms in total. The van der Waals surface area contributed by atoms with Crippen LogP contribution in [0.4, 0.5) is 0 Å². The Bertz CT molecular complexity index is 822. The van der Waals surface area contributed by atoms with Gasteiger partial charge in [0.05, 0.1) is 19.9 Å². The summed E-state index contributed by atoms with van der Waals surface area (Å²) in [5, 5.41) is 2.52. The van der Waals surface area contributed by atoms with Gasteiger partial charge in [0.1, 0.15) is 0 Å². The number of ether oxygens (including phenoxy) is 2. The van der Waals surface area contributed by atoms with Crippen LogP contribution in [0.5, 0.6) is 11.5 Å². The molecule has 23 heavy (non-hydrogen) atoms. The van der Waals surface area contributed by atoms with Crippen molar-refractivity contribution in [2.75, 3.05) is 14.2 Å². The molecular weight excluding hydrogens is 286 g/mol. The zero-order valence-corrected chi connectivity index (χ0v) is 13.8. The second-order valence-corrected chi connectivity index (χ2v) is 5.49. The van der Waals surface area contributed by atoms with Crippen LogP contribution in [0.2, 0.25) is 0 Å². The Morgan fingerprint density at radius 2 is 1.78 bits per heavy atom. The molecule has 0 aliphatic heterocycles. The van der Waals surface area contributed by atoms with Crippen LogP contribution in [-0.2, 0) is 12.8 Å². The van der Waals surface area contributed by atoms with Gasteiger partial charge in [-0.1, -0.05) is 31.2 Å². The molecule has 0 saturated carbocycles. The molecule has 0 aliphatic carbocycles. The third-order valence-corrected chi connectivity index (χ3v) is 4.16. The molecule has 3 heteroatoms. The van der Waals surface area contributed by atoms with E-state index in [2.05, 4.69) is 42.2 Å². The van der Waals surface area contributed by atoms with E-state index in [-0.39, 0.29) is 0 Å². The number of fused-ring (bicyclic) bond motifs is 1. The first-order valence-corrected chi connectivity index (χ1v) is 7.83. The Kier molecular flexibility index (Phi) is 4.47. The molecule has 0 unspecified atom stereocenters. The normalized spacial score (nSPS) is 10.7. The average molecular weight is 307 g/mol. The average Bonchev–Trinajstić information content (AvgIpc) is 2.61. The molecule has 1 aromatic heterocycles. The third-order valence-electron chi connectivity index (χ3n) is 4.16. The fraction of sp³-hybridized carbons (Fsp3) is 0.250. The lowest BCUT2D eigenvalue weighted by molar-refractivity contribution is 0.354. The maximum Gasteiger partial charge on any atom is 0.160 e. The van der Waals surface area contributed by atoms with Crippen molar-refractivity contribution < 1.29 is 9.47 Å². The lowest BCUT2D eigenvalue weighted by atomic mass is 9.98. The van der Waals surface area contributed by atoms with Crippen LogP contribution >= 0.6 is 0 Å². The second-order valence-electron chi connectivity index (χ2n) is 5.49. The van der Waals surface area contributed by atoms with Gasteiger partial charge in [0.2, 0.25) is 0 Å².